The number of ether oxygens (including phenoxy) is 1. The lowest BCUT2D eigenvalue weighted by Crippen LogP contribution is -2.10. The minimum Gasteiger partial charge on any atom is -0.466 e. The molecule has 4 nitrogen and oxygen atoms in total. The minimum atomic E-state index is -0.299. The van der Waals surface area contributed by atoms with Gasteiger partial charge in [0.05, 0.1) is 12.2 Å². The van der Waals surface area contributed by atoms with E-state index in [4.69, 9.17) is 9.15 Å². The Kier molecular flexibility index (Phi) is 4.08. The lowest BCUT2D eigenvalue weighted by atomic mass is 9.97. The fourth-order valence-electron chi connectivity index (χ4n) is 2.53. The fraction of sp³-hybridized carbons (Fsp3) is 0.600. The summed E-state index contributed by atoms with van der Waals surface area (Å²) in [6.45, 7) is 6.32. The molecule has 0 radical (unpaired) electrons. The van der Waals surface area contributed by atoms with Gasteiger partial charge in [-0.15, -0.1) is 0 Å². The van der Waals surface area contributed by atoms with E-state index < -0.39 is 0 Å². The Morgan fingerprint density at radius 2 is 2.11 bits per heavy atom. The van der Waals surface area contributed by atoms with E-state index in [0.717, 1.165) is 23.3 Å². The molecule has 0 saturated carbocycles. The number of Topliss-reactive ketones (excluding diaryl/α,β-unsaturated/α-hetero) is 1. The summed E-state index contributed by atoms with van der Waals surface area (Å²) in [4.78, 5) is 23.5. The van der Waals surface area contributed by atoms with Crippen LogP contribution in [-0.4, -0.2) is 18.4 Å². The van der Waals surface area contributed by atoms with Crippen LogP contribution in [0.5, 0.6) is 0 Å². The van der Waals surface area contributed by atoms with Crippen molar-refractivity contribution in [1.82, 2.24) is 0 Å². The van der Waals surface area contributed by atoms with E-state index in [1.54, 1.807) is 6.92 Å². The van der Waals surface area contributed by atoms with Crippen molar-refractivity contribution in [3.05, 3.63) is 22.6 Å². The number of carbonyl (C=O) groups is 2. The highest BCUT2D eigenvalue weighted by Gasteiger charge is 2.31. The van der Waals surface area contributed by atoms with E-state index in [2.05, 4.69) is 13.8 Å². The number of aryl methyl sites for hydroxylation is 1. The van der Waals surface area contributed by atoms with Gasteiger partial charge in [-0.05, 0) is 19.3 Å². The normalized spacial score (nSPS) is 14.0. The van der Waals surface area contributed by atoms with Crippen molar-refractivity contribution in [2.24, 2.45) is 5.92 Å². The highest BCUT2D eigenvalue weighted by atomic mass is 16.5. The number of rotatable bonds is 5. The van der Waals surface area contributed by atoms with Crippen molar-refractivity contribution < 1.29 is 18.7 Å². The van der Waals surface area contributed by atoms with Crippen LogP contribution in [0.3, 0.4) is 0 Å². The molecular formula is C15H20O4. The van der Waals surface area contributed by atoms with E-state index in [1.807, 2.05) is 0 Å². The van der Waals surface area contributed by atoms with Crippen LogP contribution in [0, 0.1) is 5.92 Å². The van der Waals surface area contributed by atoms with E-state index in [1.165, 1.54) is 0 Å². The van der Waals surface area contributed by atoms with Gasteiger partial charge in [0.1, 0.15) is 17.9 Å². The molecule has 0 atom stereocenters. The number of carbonyl (C=O) groups excluding carboxylic acids is 2. The van der Waals surface area contributed by atoms with Crippen LogP contribution in [0.4, 0.5) is 0 Å². The highest BCUT2D eigenvalue weighted by molar-refractivity contribution is 6.01. The molecule has 0 aromatic carbocycles. The lowest BCUT2D eigenvalue weighted by molar-refractivity contribution is -0.142. The molecule has 19 heavy (non-hydrogen) atoms. The first-order chi connectivity index (χ1) is 9.02. The van der Waals surface area contributed by atoms with Gasteiger partial charge in [-0.1, -0.05) is 13.8 Å². The summed E-state index contributed by atoms with van der Waals surface area (Å²) in [5.74, 6) is 1.62. The summed E-state index contributed by atoms with van der Waals surface area (Å²) >= 11 is 0. The Hall–Kier alpha value is -1.58. The molecule has 1 aromatic heterocycles. The first kappa shape index (κ1) is 13.8. The first-order valence-corrected chi connectivity index (χ1v) is 6.85. The maximum absolute atomic E-state index is 11.9. The second-order valence-corrected chi connectivity index (χ2v) is 5.30. The number of hydrogen-bond donors (Lipinski definition) is 0. The van der Waals surface area contributed by atoms with Gasteiger partial charge >= 0.3 is 5.97 Å². The van der Waals surface area contributed by atoms with Gasteiger partial charge in [-0.3, -0.25) is 9.59 Å². The van der Waals surface area contributed by atoms with Crippen LogP contribution in [0.25, 0.3) is 0 Å². The quantitative estimate of drug-likeness (QED) is 0.767. The molecule has 0 saturated heterocycles. The molecule has 0 fully saturated rings. The zero-order chi connectivity index (χ0) is 14.0. The second kappa shape index (κ2) is 5.59. The molecule has 0 aliphatic heterocycles. The average Bonchev–Trinajstić information content (AvgIpc) is 2.81. The molecule has 2 rings (SSSR count). The van der Waals surface area contributed by atoms with Crippen molar-refractivity contribution in [2.45, 2.75) is 46.5 Å². The van der Waals surface area contributed by atoms with E-state index >= 15 is 0 Å². The van der Waals surface area contributed by atoms with Gasteiger partial charge in [-0.2, -0.15) is 0 Å². The monoisotopic (exact) mass is 264 g/mol. The van der Waals surface area contributed by atoms with Crippen LogP contribution in [0.1, 0.15) is 54.6 Å². The van der Waals surface area contributed by atoms with Gasteiger partial charge in [0.15, 0.2) is 5.78 Å². The summed E-state index contributed by atoms with van der Waals surface area (Å²) < 4.78 is 10.7. The molecule has 1 aliphatic rings. The van der Waals surface area contributed by atoms with Crippen molar-refractivity contribution >= 4 is 11.8 Å². The zero-order valence-electron chi connectivity index (χ0n) is 11.7. The largest absolute Gasteiger partial charge is 0.466 e. The van der Waals surface area contributed by atoms with Crippen LogP contribution >= 0.6 is 0 Å². The lowest BCUT2D eigenvalue weighted by Gasteiger charge is -2.07. The third-order valence-corrected chi connectivity index (χ3v) is 3.24. The molecule has 0 bridgehead atoms. The third-order valence-electron chi connectivity index (χ3n) is 3.24. The molecule has 4 heteroatoms. The minimum absolute atomic E-state index is 0.121. The second-order valence-electron chi connectivity index (χ2n) is 5.30. The van der Waals surface area contributed by atoms with Crippen molar-refractivity contribution in [3.63, 3.8) is 0 Å². The van der Waals surface area contributed by atoms with Crippen molar-refractivity contribution in [1.29, 1.82) is 0 Å². The highest BCUT2D eigenvalue weighted by Crippen LogP contribution is 2.32. The average molecular weight is 264 g/mol. The van der Waals surface area contributed by atoms with Crippen LogP contribution < -0.4 is 0 Å². The van der Waals surface area contributed by atoms with Gasteiger partial charge in [0.2, 0.25) is 0 Å². The first-order valence-electron chi connectivity index (χ1n) is 6.85. The maximum Gasteiger partial charge on any atom is 0.313 e. The Morgan fingerprint density at radius 1 is 1.37 bits per heavy atom. The van der Waals surface area contributed by atoms with E-state index in [-0.39, 0.29) is 18.2 Å². The molecule has 1 aliphatic carbocycles. The Bertz CT molecular complexity index is 496. The molecule has 0 N–H and O–H groups in total. The van der Waals surface area contributed by atoms with Crippen molar-refractivity contribution in [3.8, 4) is 0 Å². The van der Waals surface area contributed by atoms with Gasteiger partial charge < -0.3 is 9.15 Å². The Morgan fingerprint density at radius 3 is 2.74 bits per heavy atom. The van der Waals surface area contributed by atoms with Gasteiger partial charge in [0.25, 0.3) is 0 Å². The fourth-order valence-corrected chi connectivity index (χ4v) is 2.53. The summed E-state index contributed by atoms with van der Waals surface area (Å²) in [7, 11) is 0. The number of hydrogen-bond acceptors (Lipinski definition) is 4. The summed E-state index contributed by atoms with van der Waals surface area (Å²) in [5.41, 5.74) is 1.65. The summed E-state index contributed by atoms with van der Waals surface area (Å²) in [6, 6.07) is 0. The topological polar surface area (TPSA) is 56.5 Å². The predicted molar refractivity (Wildman–Crippen MR) is 70.2 cm³/mol. The number of fused-ring (bicyclic) bond motifs is 1. The maximum atomic E-state index is 11.9. The zero-order valence-corrected chi connectivity index (χ0v) is 11.7. The molecule has 1 heterocycles. The third kappa shape index (κ3) is 2.88. The van der Waals surface area contributed by atoms with Crippen molar-refractivity contribution in [2.75, 3.05) is 6.61 Å². The van der Waals surface area contributed by atoms with Gasteiger partial charge in [0, 0.05) is 18.4 Å². The Labute approximate surface area is 113 Å². The van der Waals surface area contributed by atoms with Crippen LogP contribution in [-0.2, 0) is 28.8 Å². The number of furan rings is 1. The smallest absolute Gasteiger partial charge is 0.313 e. The molecule has 0 unspecified atom stereocenters. The Balaban J connectivity index is 2.30. The van der Waals surface area contributed by atoms with Crippen LogP contribution in [0.15, 0.2) is 4.42 Å². The summed E-state index contributed by atoms with van der Waals surface area (Å²) in [6.07, 6.45) is 2.07. The van der Waals surface area contributed by atoms with E-state index in [0.29, 0.717) is 31.1 Å². The number of ketones is 1. The SMILES string of the molecule is CCOC(=O)Cc1oc2c(c1CC(C)C)C(=O)CC2. The number of esters is 1. The molecule has 104 valence electrons. The van der Waals surface area contributed by atoms with E-state index in [9.17, 15) is 9.59 Å². The van der Waals surface area contributed by atoms with Gasteiger partial charge in [-0.25, -0.2) is 0 Å². The molecule has 0 spiro atoms. The molecular weight excluding hydrogens is 244 g/mol. The van der Waals surface area contributed by atoms with Crippen LogP contribution in [0.2, 0.25) is 0 Å². The molecule has 1 aromatic rings. The molecule has 0 amide bonds. The predicted octanol–water partition coefficient (Wildman–Crippen LogP) is 2.71. The standard InChI is InChI=1S/C15H20O4/c1-4-18-14(17)8-13-10(7-9(2)3)15-11(16)5-6-12(15)19-13/h9H,4-8H2,1-3H3. The summed E-state index contributed by atoms with van der Waals surface area (Å²) in [5, 5.41) is 0.